The van der Waals surface area contributed by atoms with Gasteiger partial charge in [-0.3, -0.25) is 9.59 Å². The molecule has 0 bridgehead atoms. The minimum absolute atomic E-state index is 0.0257. The van der Waals surface area contributed by atoms with Gasteiger partial charge >= 0.3 is 6.18 Å². The third kappa shape index (κ3) is 3.31. The van der Waals surface area contributed by atoms with E-state index in [0.717, 1.165) is 7.11 Å². The van der Waals surface area contributed by atoms with E-state index >= 15 is 0 Å². The van der Waals surface area contributed by atoms with E-state index in [9.17, 15) is 22.8 Å². The lowest BCUT2D eigenvalue weighted by Crippen LogP contribution is -2.51. The van der Waals surface area contributed by atoms with Crippen LogP contribution in [0.5, 0.6) is 0 Å². The Labute approximate surface area is 162 Å². The van der Waals surface area contributed by atoms with Gasteiger partial charge in [0.05, 0.1) is 0 Å². The zero-order valence-corrected chi connectivity index (χ0v) is 15.4. The molecule has 1 N–H and O–H groups in total. The van der Waals surface area contributed by atoms with Gasteiger partial charge < -0.3 is 9.72 Å². The largest absolute Gasteiger partial charge is 0.428 e. The number of ether oxygens (including phenoxy) is 1. The molecule has 4 nitrogen and oxygen atoms in total. The summed E-state index contributed by atoms with van der Waals surface area (Å²) < 4.78 is 46.8. The Balaban J connectivity index is 2.10. The Bertz CT molecular complexity index is 1080. The first-order chi connectivity index (χ1) is 13.2. The summed E-state index contributed by atoms with van der Waals surface area (Å²) in [6, 6.07) is 11.1. The van der Waals surface area contributed by atoms with Crippen molar-refractivity contribution in [3.05, 3.63) is 81.2 Å². The van der Waals surface area contributed by atoms with Crippen molar-refractivity contribution in [2.24, 2.45) is 0 Å². The fourth-order valence-corrected chi connectivity index (χ4v) is 3.42. The van der Waals surface area contributed by atoms with Crippen LogP contribution >= 0.6 is 11.6 Å². The number of hydrogen-bond acceptors (Lipinski definition) is 3. The molecule has 0 saturated carbocycles. The van der Waals surface area contributed by atoms with E-state index in [1.165, 1.54) is 42.6 Å². The van der Waals surface area contributed by atoms with Crippen LogP contribution in [0.3, 0.4) is 0 Å². The number of carbonyl (C=O) groups is 1. The third-order valence-electron chi connectivity index (χ3n) is 4.57. The summed E-state index contributed by atoms with van der Waals surface area (Å²) in [5, 5.41) is 0.768. The van der Waals surface area contributed by atoms with Gasteiger partial charge in [0.15, 0.2) is 5.78 Å². The second kappa shape index (κ2) is 7.41. The number of methoxy groups -OCH3 is 1. The topological polar surface area (TPSA) is 59.2 Å². The maximum atomic E-state index is 14.0. The summed E-state index contributed by atoms with van der Waals surface area (Å²) in [4.78, 5) is 27.2. The van der Waals surface area contributed by atoms with Crippen LogP contribution in [0.1, 0.15) is 11.1 Å². The van der Waals surface area contributed by atoms with Gasteiger partial charge in [0.1, 0.15) is 0 Å². The number of halogens is 4. The van der Waals surface area contributed by atoms with E-state index in [2.05, 4.69) is 4.98 Å². The predicted octanol–water partition coefficient (Wildman–Crippen LogP) is 4.40. The van der Waals surface area contributed by atoms with Crippen LogP contribution in [0.4, 0.5) is 13.2 Å². The molecule has 0 aliphatic carbocycles. The number of rotatable bonds is 5. The first kappa shape index (κ1) is 20.1. The van der Waals surface area contributed by atoms with Crippen molar-refractivity contribution in [3.63, 3.8) is 0 Å². The first-order valence-corrected chi connectivity index (χ1v) is 8.59. The quantitative estimate of drug-likeness (QED) is 0.679. The maximum Gasteiger partial charge on any atom is 0.428 e. The Morgan fingerprint density at radius 2 is 1.82 bits per heavy atom. The number of aromatic nitrogens is 1. The lowest BCUT2D eigenvalue weighted by Gasteiger charge is -2.33. The molecule has 1 aromatic heterocycles. The zero-order valence-electron chi connectivity index (χ0n) is 14.6. The van der Waals surface area contributed by atoms with E-state index in [-0.39, 0.29) is 27.1 Å². The normalized spacial score (nSPS) is 14.0. The molecule has 3 aromatic rings. The minimum atomic E-state index is -4.99. The molecule has 3 rings (SSSR count). The average molecular weight is 410 g/mol. The van der Waals surface area contributed by atoms with E-state index < -0.39 is 24.0 Å². The number of H-pyrrole nitrogens is 1. The van der Waals surface area contributed by atoms with Crippen LogP contribution in [0.2, 0.25) is 5.02 Å². The predicted molar refractivity (Wildman–Crippen MR) is 99.5 cm³/mol. The maximum absolute atomic E-state index is 14.0. The van der Waals surface area contributed by atoms with Crippen LogP contribution in [0.25, 0.3) is 10.8 Å². The standard InChI is InChI=1S/C20H15ClF3NO3/c1-28-19(20(22,23)24,14-5-3-2-4-6-14)17(26)10-13-9-12-7-8-25-18(27)15(12)11-16(13)21/h2-9,11H,10H2,1H3,(H,25,27). The van der Waals surface area contributed by atoms with Crippen molar-refractivity contribution in [1.82, 2.24) is 4.98 Å². The zero-order chi connectivity index (χ0) is 20.5. The summed E-state index contributed by atoms with van der Waals surface area (Å²) in [6.07, 6.45) is -4.20. The second-order valence-electron chi connectivity index (χ2n) is 6.19. The highest BCUT2D eigenvalue weighted by atomic mass is 35.5. The molecule has 2 aromatic carbocycles. The number of fused-ring (bicyclic) bond motifs is 1. The van der Waals surface area contributed by atoms with Gasteiger partial charge in [-0.2, -0.15) is 13.2 Å². The number of aromatic amines is 1. The molecule has 0 radical (unpaired) electrons. The molecule has 146 valence electrons. The van der Waals surface area contributed by atoms with Gasteiger partial charge in [-0.15, -0.1) is 0 Å². The van der Waals surface area contributed by atoms with E-state index in [4.69, 9.17) is 16.3 Å². The molecule has 1 heterocycles. The van der Waals surface area contributed by atoms with Crippen molar-refractivity contribution in [2.45, 2.75) is 18.2 Å². The van der Waals surface area contributed by atoms with Crippen molar-refractivity contribution in [1.29, 1.82) is 0 Å². The molecule has 28 heavy (non-hydrogen) atoms. The molecule has 0 fully saturated rings. The summed E-state index contributed by atoms with van der Waals surface area (Å²) in [6.45, 7) is 0. The molecule has 0 aliphatic rings. The van der Waals surface area contributed by atoms with Crippen LogP contribution in [-0.2, 0) is 21.6 Å². The van der Waals surface area contributed by atoms with Crippen LogP contribution in [0.15, 0.2) is 59.5 Å². The molecule has 8 heteroatoms. The number of ketones is 1. The van der Waals surface area contributed by atoms with Gasteiger partial charge in [0.25, 0.3) is 5.56 Å². The average Bonchev–Trinajstić information content (AvgIpc) is 2.64. The monoisotopic (exact) mass is 409 g/mol. The number of Topliss-reactive ketones (excluding diaryl/α,β-unsaturated/α-hetero) is 1. The smallest absolute Gasteiger partial charge is 0.358 e. The Hall–Kier alpha value is -2.64. The van der Waals surface area contributed by atoms with Gasteiger partial charge in [-0.05, 0) is 29.1 Å². The van der Waals surface area contributed by atoms with Crippen LogP contribution in [-0.4, -0.2) is 24.1 Å². The van der Waals surface area contributed by atoms with Crippen molar-refractivity contribution in [3.8, 4) is 0 Å². The van der Waals surface area contributed by atoms with Gasteiger partial charge in [-0.25, -0.2) is 0 Å². The van der Waals surface area contributed by atoms with Crippen LogP contribution in [0, 0.1) is 0 Å². The van der Waals surface area contributed by atoms with Gasteiger partial charge in [0.2, 0.25) is 5.60 Å². The SMILES string of the molecule is COC(C(=O)Cc1cc2cc[nH]c(=O)c2cc1Cl)(c1ccccc1)C(F)(F)F. The third-order valence-corrected chi connectivity index (χ3v) is 4.92. The molecule has 0 spiro atoms. The molecular weight excluding hydrogens is 395 g/mol. The highest BCUT2D eigenvalue weighted by Crippen LogP contribution is 2.43. The summed E-state index contributed by atoms with van der Waals surface area (Å²) in [7, 11) is 0.847. The van der Waals surface area contributed by atoms with E-state index in [1.807, 2.05) is 0 Å². The summed E-state index contributed by atoms with van der Waals surface area (Å²) in [5.74, 6) is -1.21. The number of hydrogen-bond donors (Lipinski definition) is 1. The number of carbonyl (C=O) groups excluding carboxylic acids is 1. The van der Waals surface area contributed by atoms with Crippen LogP contribution < -0.4 is 5.56 Å². The lowest BCUT2D eigenvalue weighted by molar-refractivity contribution is -0.264. The first-order valence-electron chi connectivity index (χ1n) is 8.21. The van der Waals surface area contributed by atoms with E-state index in [0.29, 0.717) is 5.39 Å². The fraction of sp³-hybridized carbons (Fsp3) is 0.200. The minimum Gasteiger partial charge on any atom is -0.358 e. The Morgan fingerprint density at radius 3 is 2.43 bits per heavy atom. The van der Waals surface area contributed by atoms with Crippen molar-refractivity contribution < 1.29 is 22.7 Å². The number of nitrogens with one attached hydrogen (secondary N) is 1. The molecule has 0 aliphatic heterocycles. The molecule has 1 atom stereocenters. The second-order valence-corrected chi connectivity index (χ2v) is 6.59. The highest BCUT2D eigenvalue weighted by molar-refractivity contribution is 6.32. The summed E-state index contributed by atoms with van der Waals surface area (Å²) >= 11 is 6.15. The molecule has 0 amide bonds. The number of pyridine rings is 1. The molecular formula is C20H15ClF3NO3. The van der Waals surface area contributed by atoms with Crippen molar-refractivity contribution in [2.75, 3.05) is 7.11 Å². The number of alkyl halides is 3. The van der Waals surface area contributed by atoms with Gasteiger partial charge in [-0.1, -0.05) is 41.9 Å². The van der Waals surface area contributed by atoms with Gasteiger partial charge in [0, 0.05) is 35.7 Å². The number of benzene rings is 2. The Kier molecular flexibility index (Phi) is 5.32. The Morgan fingerprint density at radius 1 is 1.14 bits per heavy atom. The molecule has 0 saturated heterocycles. The fourth-order valence-electron chi connectivity index (χ4n) is 3.19. The van der Waals surface area contributed by atoms with Crippen molar-refractivity contribution >= 4 is 28.2 Å². The molecule has 1 unspecified atom stereocenters. The summed E-state index contributed by atoms with van der Waals surface area (Å²) in [5.41, 5.74) is -3.65. The van der Waals surface area contributed by atoms with E-state index in [1.54, 1.807) is 12.1 Å². The highest BCUT2D eigenvalue weighted by Gasteiger charge is 2.61. The lowest BCUT2D eigenvalue weighted by atomic mass is 9.85.